The summed E-state index contributed by atoms with van der Waals surface area (Å²) in [5.41, 5.74) is 5.12. The Balaban J connectivity index is 2.23. The Morgan fingerprint density at radius 1 is 1.26 bits per heavy atom. The van der Waals surface area contributed by atoms with Crippen molar-refractivity contribution in [3.05, 3.63) is 36.5 Å². The van der Waals surface area contributed by atoms with E-state index in [-0.39, 0.29) is 11.3 Å². The van der Waals surface area contributed by atoms with Crippen LogP contribution in [0.4, 0.5) is 18.9 Å². The van der Waals surface area contributed by atoms with Crippen molar-refractivity contribution < 1.29 is 13.2 Å². The van der Waals surface area contributed by atoms with Crippen molar-refractivity contribution in [2.45, 2.75) is 6.18 Å². The van der Waals surface area contributed by atoms with Gasteiger partial charge in [0.05, 0.1) is 18.1 Å². The molecule has 0 aliphatic rings. The van der Waals surface area contributed by atoms with Gasteiger partial charge in [0.15, 0.2) is 11.5 Å². The van der Waals surface area contributed by atoms with E-state index in [4.69, 9.17) is 5.73 Å². The molecule has 6 nitrogen and oxygen atoms in total. The van der Waals surface area contributed by atoms with Gasteiger partial charge in [0, 0.05) is 18.5 Å². The largest absolute Gasteiger partial charge is 0.435 e. The van der Waals surface area contributed by atoms with Crippen LogP contribution in [0.5, 0.6) is 0 Å². The molecule has 0 unspecified atom stereocenters. The first-order valence-corrected chi connectivity index (χ1v) is 5.17. The lowest BCUT2D eigenvalue weighted by Gasteiger charge is -2.01. The highest BCUT2D eigenvalue weighted by Crippen LogP contribution is 2.29. The Hall–Kier alpha value is -2.58. The van der Waals surface area contributed by atoms with E-state index >= 15 is 0 Å². The Labute approximate surface area is 104 Å². The van der Waals surface area contributed by atoms with Crippen LogP contribution in [0.2, 0.25) is 0 Å². The Bertz CT molecular complexity index is 741. The second kappa shape index (κ2) is 3.70. The van der Waals surface area contributed by atoms with Gasteiger partial charge in [-0.15, -0.1) is 0 Å². The lowest BCUT2D eigenvalue weighted by atomic mass is 10.4. The molecule has 0 aromatic carbocycles. The SMILES string of the molecule is Nc1cnn(-c2nccn3nc(C(F)(F)F)cc23)c1. The third-order valence-electron chi connectivity index (χ3n) is 2.48. The molecule has 0 saturated carbocycles. The number of rotatable bonds is 1. The standard InChI is InChI=1S/C10H7F3N6/c11-10(12,13)8-3-7-9(15-1-2-18(7)17-8)19-5-6(14)4-16-19/h1-5H,14H2. The van der Waals surface area contributed by atoms with Crippen LogP contribution in [-0.2, 0) is 6.18 Å². The number of anilines is 1. The Morgan fingerprint density at radius 2 is 2.05 bits per heavy atom. The maximum Gasteiger partial charge on any atom is 0.435 e. The third-order valence-corrected chi connectivity index (χ3v) is 2.48. The van der Waals surface area contributed by atoms with Crippen LogP contribution in [0.25, 0.3) is 11.3 Å². The van der Waals surface area contributed by atoms with E-state index in [9.17, 15) is 13.2 Å². The number of aromatic nitrogens is 5. The quantitative estimate of drug-likeness (QED) is 0.726. The number of halogens is 3. The average Bonchev–Trinajstić information content (AvgIpc) is 2.93. The van der Waals surface area contributed by atoms with E-state index < -0.39 is 11.9 Å². The maximum absolute atomic E-state index is 12.6. The molecule has 0 spiro atoms. The van der Waals surface area contributed by atoms with Crippen LogP contribution in [0, 0.1) is 0 Å². The Morgan fingerprint density at radius 3 is 2.68 bits per heavy atom. The van der Waals surface area contributed by atoms with Crippen LogP contribution in [0.15, 0.2) is 30.9 Å². The molecule has 0 saturated heterocycles. The molecule has 0 fully saturated rings. The minimum absolute atomic E-state index is 0.193. The monoisotopic (exact) mass is 268 g/mol. The van der Waals surface area contributed by atoms with Gasteiger partial charge in [-0.3, -0.25) is 0 Å². The van der Waals surface area contributed by atoms with E-state index in [0.717, 1.165) is 10.6 Å². The number of nitrogens with zero attached hydrogens (tertiary/aromatic N) is 5. The van der Waals surface area contributed by atoms with Crippen molar-refractivity contribution in [3.8, 4) is 5.82 Å². The molecule has 3 rings (SSSR count). The van der Waals surface area contributed by atoms with Gasteiger partial charge < -0.3 is 5.73 Å². The van der Waals surface area contributed by atoms with Gasteiger partial charge in [0.1, 0.15) is 5.52 Å². The molecular weight excluding hydrogens is 261 g/mol. The van der Waals surface area contributed by atoms with Crippen LogP contribution >= 0.6 is 0 Å². The number of hydrogen-bond donors (Lipinski definition) is 1. The average molecular weight is 268 g/mol. The van der Waals surface area contributed by atoms with Crippen LogP contribution in [-0.4, -0.2) is 24.4 Å². The zero-order valence-electron chi connectivity index (χ0n) is 9.33. The smallest absolute Gasteiger partial charge is 0.396 e. The topological polar surface area (TPSA) is 74.0 Å². The first-order chi connectivity index (χ1) is 8.95. The molecule has 98 valence electrons. The van der Waals surface area contributed by atoms with Crippen LogP contribution < -0.4 is 5.73 Å². The minimum atomic E-state index is -4.51. The van der Waals surface area contributed by atoms with Crippen molar-refractivity contribution in [1.82, 2.24) is 24.4 Å². The van der Waals surface area contributed by atoms with Crippen molar-refractivity contribution in [1.29, 1.82) is 0 Å². The lowest BCUT2D eigenvalue weighted by molar-refractivity contribution is -0.141. The predicted molar refractivity (Wildman–Crippen MR) is 59.5 cm³/mol. The highest BCUT2D eigenvalue weighted by atomic mass is 19.4. The summed E-state index contributed by atoms with van der Waals surface area (Å²) >= 11 is 0. The number of alkyl halides is 3. The summed E-state index contributed by atoms with van der Waals surface area (Å²) in [6.07, 6.45) is 1.01. The molecule has 2 N–H and O–H groups in total. The zero-order chi connectivity index (χ0) is 13.6. The maximum atomic E-state index is 12.6. The third kappa shape index (κ3) is 1.88. The van der Waals surface area contributed by atoms with Gasteiger partial charge in [0.2, 0.25) is 0 Å². The van der Waals surface area contributed by atoms with Gasteiger partial charge in [-0.05, 0) is 0 Å². The number of hydrogen-bond acceptors (Lipinski definition) is 4. The molecule has 3 aromatic rings. The van der Waals surface area contributed by atoms with Gasteiger partial charge in [0.25, 0.3) is 0 Å². The molecule has 9 heteroatoms. The van der Waals surface area contributed by atoms with Gasteiger partial charge in [-0.2, -0.15) is 23.4 Å². The molecule has 3 heterocycles. The summed E-state index contributed by atoms with van der Waals surface area (Å²) in [5, 5.41) is 7.37. The van der Waals surface area contributed by atoms with Crippen LogP contribution in [0.1, 0.15) is 5.69 Å². The summed E-state index contributed by atoms with van der Waals surface area (Å²) in [6.45, 7) is 0. The first-order valence-electron chi connectivity index (χ1n) is 5.17. The summed E-state index contributed by atoms with van der Waals surface area (Å²) in [7, 11) is 0. The fourth-order valence-electron chi connectivity index (χ4n) is 1.68. The number of nitrogens with two attached hydrogens (primary N) is 1. The molecule has 0 bridgehead atoms. The van der Waals surface area contributed by atoms with E-state index in [1.807, 2.05) is 0 Å². The highest BCUT2D eigenvalue weighted by Gasteiger charge is 2.34. The van der Waals surface area contributed by atoms with Crippen molar-refractivity contribution in [2.75, 3.05) is 5.73 Å². The molecule has 19 heavy (non-hydrogen) atoms. The molecule has 0 atom stereocenters. The first kappa shape index (κ1) is 11.5. The number of fused-ring (bicyclic) bond motifs is 1. The van der Waals surface area contributed by atoms with E-state index in [2.05, 4.69) is 15.2 Å². The molecular formula is C10H7F3N6. The van der Waals surface area contributed by atoms with E-state index in [1.165, 1.54) is 29.5 Å². The normalized spacial score (nSPS) is 12.2. The van der Waals surface area contributed by atoms with Crippen LogP contribution in [0.3, 0.4) is 0 Å². The van der Waals surface area contributed by atoms with Gasteiger partial charge >= 0.3 is 6.18 Å². The number of nitrogen functional groups attached to an aromatic ring is 1. The van der Waals surface area contributed by atoms with Crippen molar-refractivity contribution in [3.63, 3.8) is 0 Å². The van der Waals surface area contributed by atoms with E-state index in [1.54, 1.807) is 0 Å². The lowest BCUT2D eigenvalue weighted by Crippen LogP contribution is -2.05. The summed E-state index contributed by atoms with van der Waals surface area (Å²) < 4.78 is 40.3. The molecule has 0 aliphatic carbocycles. The van der Waals surface area contributed by atoms with Gasteiger partial charge in [-0.25, -0.2) is 14.2 Å². The molecule has 0 amide bonds. The second-order valence-electron chi connectivity index (χ2n) is 3.83. The molecule has 3 aromatic heterocycles. The fraction of sp³-hybridized carbons (Fsp3) is 0.100. The van der Waals surface area contributed by atoms with Gasteiger partial charge in [-0.1, -0.05) is 0 Å². The summed E-state index contributed by atoms with van der Waals surface area (Å²) in [5.74, 6) is 0.224. The highest BCUT2D eigenvalue weighted by molar-refractivity contribution is 5.61. The second-order valence-corrected chi connectivity index (χ2v) is 3.83. The summed E-state index contributed by atoms with van der Waals surface area (Å²) in [4.78, 5) is 4.00. The fourth-order valence-corrected chi connectivity index (χ4v) is 1.68. The molecule has 0 radical (unpaired) electrons. The zero-order valence-corrected chi connectivity index (χ0v) is 9.33. The van der Waals surface area contributed by atoms with Crippen molar-refractivity contribution in [2.24, 2.45) is 0 Å². The molecule has 0 aliphatic heterocycles. The Kier molecular flexibility index (Phi) is 2.24. The summed E-state index contributed by atoms with van der Waals surface area (Å²) in [6, 6.07) is 0.917. The minimum Gasteiger partial charge on any atom is -0.396 e. The predicted octanol–water partition coefficient (Wildman–Crippen LogP) is 1.52. The van der Waals surface area contributed by atoms with Crippen molar-refractivity contribution >= 4 is 11.2 Å². The van der Waals surface area contributed by atoms with E-state index in [0.29, 0.717) is 5.69 Å².